The number of anilines is 1. The maximum absolute atomic E-state index is 13.0. The first kappa shape index (κ1) is 22.2. The van der Waals surface area contributed by atoms with Crippen molar-refractivity contribution in [2.45, 2.75) is 12.4 Å². The zero-order valence-corrected chi connectivity index (χ0v) is 16.4. The van der Waals surface area contributed by atoms with Crippen molar-refractivity contribution < 1.29 is 31.1 Å². The fourth-order valence-electron chi connectivity index (χ4n) is 3.06. The molecular weight excluding hydrogens is 450 g/mol. The standard InChI is InChI=1S/C22H12F6N4O/c23-21(24,25)14-5-1-3-12(9-14)16-7-8-17-18(31-16)19(30-11-29-17)32-20(33)13-4-2-6-15(10-13)22(26,27)28/h1-11H,(H,29,30,32,33). The molecule has 33 heavy (non-hydrogen) atoms. The Kier molecular flexibility index (Phi) is 5.48. The van der Waals surface area contributed by atoms with E-state index < -0.39 is 29.4 Å². The molecule has 0 unspecified atom stereocenters. The molecule has 2 aromatic carbocycles. The molecule has 0 saturated heterocycles. The van der Waals surface area contributed by atoms with Crippen LogP contribution in [-0.4, -0.2) is 20.9 Å². The van der Waals surface area contributed by atoms with Crippen LogP contribution in [0.3, 0.4) is 0 Å². The van der Waals surface area contributed by atoms with Gasteiger partial charge in [-0.2, -0.15) is 26.3 Å². The Morgan fingerprint density at radius 1 is 0.788 bits per heavy atom. The number of amides is 1. The van der Waals surface area contributed by atoms with Crippen molar-refractivity contribution in [1.82, 2.24) is 15.0 Å². The van der Waals surface area contributed by atoms with Gasteiger partial charge in [0.25, 0.3) is 5.91 Å². The van der Waals surface area contributed by atoms with Crippen molar-refractivity contribution >= 4 is 22.8 Å². The molecule has 2 heterocycles. The molecule has 0 aliphatic carbocycles. The van der Waals surface area contributed by atoms with Crippen LogP contribution in [0.1, 0.15) is 21.5 Å². The topological polar surface area (TPSA) is 67.8 Å². The average molecular weight is 462 g/mol. The van der Waals surface area contributed by atoms with Crippen LogP contribution in [0.2, 0.25) is 0 Å². The first-order chi connectivity index (χ1) is 15.5. The number of nitrogens with one attached hydrogen (secondary N) is 1. The maximum Gasteiger partial charge on any atom is 0.416 e. The molecule has 0 fully saturated rings. The van der Waals surface area contributed by atoms with Crippen molar-refractivity contribution in [3.8, 4) is 11.3 Å². The van der Waals surface area contributed by atoms with Crippen molar-refractivity contribution in [2.24, 2.45) is 0 Å². The normalized spacial score (nSPS) is 12.1. The summed E-state index contributed by atoms with van der Waals surface area (Å²) in [5, 5.41) is 2.39. The molecule has 0 radical (unpaired) electrons. The van der Waals surface area contributed by atoms with Gasteiger partial charge in [0.05, 0.1) is 22.3 Å². The van der Waals surface area contributed by atoms with Crippen LogP contribution >= 0.6 is 0 Å². The van der Waals surface area contributed by atoms with Gasteiger partial charge in [-0.15, -0.1) is 0 Å². The number of nitrogens with zero attached hydrogens (tertiary/aromatic N) is 3. The molecule has 0 spiro atoms. The van der Waals surface area contributed by atoms with Gasteiger partial charge in [-0.3, -0.25) is 4.79 Å². The smallest absolute Gasteiger partial charge is 0.305 e. The summed E-state index contributed by atoms with van der Waals surface area (Å²) < 4.78 is 78.0. The van der Waals surface area contributed by atoms with Crippen LogP contribution in [0.25, 0.3) is 22.3 Å². The van der Waals surface area contributed by atoms with E-state index >= 15 is 0 Å². The minimum Gasteiger partial charge on any atom is -0.305 e. The quantitative estimate of drug-likeness (QED) is 0.381. The molecule has 5 nitrogen and oxygen atoms in total. The van der Waals surface area contributed by atoms with Gasteiger partial charge < -0.3 is 5.32 Å². The number of aromatic nitrogens is 3. The summed E-state index contributed by atoms with van der Waals surface area (Å²) in [7, 11) is 0. The summed E-state index contributed by atoms with van der Waals surface area (Å²) in [6.45, 7) is 0. The largest absolute Gasteiger partial charge is 0.416 e. The number of carbonyl (C=O) groups excluding carboxylic acids is 1. The molecule has 0 bridgehead atoms. The third kappa shape index (κ3) is 4.76. The van der Waals surface area contributed by atoms with E-state index in [4.69, 9.17) is 0 Å². The summed E-state index contributed by atoms with van der Waals surface area (Å²) in [6, 6.07) is 11.3. The van der Waals surface area contributed by atoms with Gasteiger partial charge in [0.2, 0.25) is 0 Å². The van der Waals surface area contributed by atoms with Gasteiger partial charge in [0.15, 0.2) is 5.82 Å². The predicted octanol–water partition coefficient (Wildman–Crippen LogP) is 5.98. The third-order valence-corrected chi connectivity index (χ3v) is 4.65. The molecule has 11 heteroatoms. The van der Waals surface area contributed by atoms with E-state index in [0.29, 0.717) is 6.07 Å². The van der Waals surface area contributed by atoms with E-state index in [1.807, 2.05) is 0 Å². The Morgan fingerprint density at radius 2 is 1.45 bits per heavy atom. The maximum atomic E-state index is 13.0. The summed E-state index contributed by atoms with van der Waals surface area (Å²) in [5.74, 6) is -0.969. The zero-order chi connectivity index (χ0) is 23.8. The Hall–Kier alpha value is -4.02. The van der Waals surface area contributed by atoms with Crippen LogP contribution in [0.15, 0.2) is 67.0 Å². The second-order valence-electron chi connectivity index (χ2n) is 6.90. The van der Waals surface area contributed by atoms with Crippen LogP contribution < -0.4 is 5.32 Å². The molecule has 4 aromatic rings. The average Bonchev–Trinajstić information content (AvgIpc) is 2.78. The predicted molar refractivity (Wildman–Crippen MR) is 107 cm³/mol. The highest BCUT2D eigenvalue weighted by Crippen LogP contribution is 2.33. The molecule has 1 N–H and O–H groups in total. The SMILES string of the molecule is O=C(Nc1ncnc2ccc(-c3cccc(C(F)(F)F)c3)nc12)c1cccc(C(F)(F)F)c1. The first-order valence-electron chi connectivity index (χ1n) is 9.30. The van der Waals surface area contributed by atoms with Gasteiger partial charge in [-0.25, -0.2) is 15.0 Å². The number of alkyl halides is 6. The van der Waals surface area contributed by atoms with E-state index in [1.54, 1.807) is 0 Å². The lowest BCUT2D eigenvalue weighted by Gasteiger charge is -2.11. The highest BCUT2D eigenvalue weighted by molar-refractivity contribution is 6.07. The molecule has 2 aromatic heterocycles. The van der Waals surface area contributed by atoms with Gasteiger partial charge in [0.1, 0.15) is 11.8 Å². The van der Waals surface area contributed by atoms with Crippen molar-refractivity contribution in [1.29, 1.82) is 0 Å². The molecule has 1 amide bonds. The number of benzene rings is 2. The second kappa shape index (κ2) is 8.15. The third-order valence-electron chi connectivity index (χ3n) is 4.65. The Morgan fingerprint density at radius 3 is 2.15 bits per heavy atom. The fourth-order valence-corrected chi connectivity index (χ4v) is 3.06. The lowest BCUT2D eigenvalue weighted by atomic mass is 10.1. The van der Waals surface area contributed by atoms with Crippen molar-refractivity contribution in [3.63, 3.8) is 0 Å². The molecular formula is C22H12F6N4O. The van der Waals surface area contributed by atoms with Crippen LogP contribution in [-0.2, 0) is 12.4 Å². The monoisotopic (exact) mass is 462 g/mol. The Bertz CT molecular complexity index is 1350. The molecule has 0 aliphatic heterocycles. The minimum atomic E-state index is -4.63. The van der Waals surface area contributed by atoms with Crippen molar-refractivity contribution in [2.75, 3.05) is 5.32 Å². The summed E-state index contributed by atoms with van der Waals surface area (Å²) in [4.78, 5) is 24.8. The summed E-state index contributed by atoms with van der Waals surface area (Å²) >= 11 is 0. The van der Waals surface area contributed by atoms with E-state index in [1.165, 1.54) is 30.3 Å². The number of carbonyl (C=O) groups is 1. The molecule has 0 saturated carbocycles. The number of hydrogen-bond donors (Lipinski definition) is 1. The van der Waals surface area contributed by atoms with E-state index in [0.717, 1.165) is 30.6 Å². The highest BCUT2D eigenvalue weighted by Gasteiger charge is 2.31. The van der Waals surface area contributed by atoms with Gasteiger partial charge in [0, 0.05) is 11.1 Å². The highest BCUT2D eigenvalue weighted by atomic mass is 19.4. The van der Waals surface area contributed by atoms with E-state index in [9.17, 15) is 31.1 Å². The molecule has 168 valence electrons. The number of rotatable bonds is 3. The van der Waals surface area contributed by atoms with E-state index in [2.05, 4.69) is 20.3 Å². The van der Waals surface area contributed by atoms with E-state index in [-0.39, 0.29) is 33.7 Å². The molecule has 0 aliphatic rings. The van der Waals surface area contributed by atoms with Gasteiger partial charge >= 0.3 is 12.4 Å². The first-order valence-corrected chi connectivity index (χ1v) is 9.30. The zero-order valence-electron chi connectivity index (χ0n) is 16.4. The minimum absolute atomic E-state index is 0.0627. The van der Waals surface area contributed by atoms with Gasteiger partial charge in [-0.1, -0.05) is 18.2 Å². The number of fused-ring (bicyclic) bond motifs is 1. The van der Waals surface area contributed by atoms with Gasteiger partial charge in [-0.05, 0) is 42.5 Å². The Balaban J connectivity index is 1.71. The number of hydrogen-bond acceptors (Lipinski definition) is 4. The van der Waals surface area contributed by atoms with Crippen LogP contribution in [0, 0.1) is 0 Å². The van der Waals surface area contributed by atoms with Crippen molar-refractivity contribution in [3.05, 3.63) is 83.7 Å². The molecule has 4 rings (SSSR count). The molecule has 0 atom stereocenters. The lowest BCUT2D eigenvalue weighted by Crippen LogP contribution is -2.15. The second-order valence-corrected chi connectivity index (χ2v) is 6.90. The Labute approximate surface area is 182 Å². The van der Waals surface area contributed by atoms with Crippen LogP contribution in [0.5, 0.6) is 0 Å². The lowest BCUT2D eigenvalue weighted by molar-refractivity contribution is -0.138. The summed E-state index contributed by atoms with van der Waals surface area (Å²) in [5.41, 5.74) is -1.43. The van der Waals surface area contributed by atoms with Crippen LogP contribution in [0.4, 0.5) is 32.2 Å². The fraction of sp³-hybridized carbons (Fsp3) is 0.0909. The number of halogens is 6. The summed E-state index contributed by atoms with van der Waals surface area (Å²) in [6.07, 6.45) is -8.05. The number of pyridine rings is 1.